The number of hydrogen-bond acceptors (Lipinski definition) is 6. The zero-order chi connectivity index (χ0) is 11.8. The van der Waals surface area contributed by atoms with E-state index in [4.69, 9.17) is 9.47 Å². The summed E-state index contributed by atoms with van der Waals surface area (Å²) in [5, 5.41) is 24.9. The fraction of sp³-hybridized carbons (Fsp3) is 1.00. The molecule has 2 fully saturated rings. The lowest BCUT2D eigenvalue weighted by molar-refractivity contribution is -0.214. The third-order valence-electron chi connectivity index (χ3n) is 3.12. The first kappa shape index (κ1) is 12.2. The van der Waals surface area contributed by atoms with Gasteiger partial charge in [-0.15, -0.1) is 0 Å². The average Bonchev–Trinajstić information content (AvgIpc) is 2.30. The van der Waals surface area contributed by atoms with Crippen molar-refractivity contribution in [1.82, 2.24) is 10.6 Å². The summed E-state index contributed by atoms with van der Waals surface area (Å²) in [7, 11) is 0. The molecule has 0 radical (unpaired) electrons. The predicted molar refractivity (Wildman–Crippen MR) is 56.7 cm³/mol. The Labute approximate surface area is 94.9 Å². The monoisotopic (exact) mass is 232 g/mol. The van der Waals surface area contributed by atoms with Gasteiger partial charge in [0.05, 0.1) is 37.5 Å². The van der Waals surface area contributed by atoms with Crippen LogP contribution in [-0.2, 0) is 9.47 Å². The van der Waals surface area contributed by atoms with Crippen LogP contribution in [0.25, 0.3) is 0 Å². The van der Waals surface area contributed by atoms with E-state index in [1.165, 1.54) is 0 Å². The molecule has 0 aliphatic carbocycles. The zero-order valence-corrected chi connectivity index (χ0v) is 9.69. The Morgan fingerprint density at radius 1 is 1.00 bits per heavy atom. The normalized spacial score (nSPS) is 48.8. The van der Waals surface area contributed by atoms with Gasteiger partial charge in [0.25, 0.3) is 0 Å². The fourth-order valence-corrected chi connectivity index (χ4v) is 1.91. The topological polar surface area (TPSA) is 83.0 Å². The van der Waals surface area contributed by atoms with E-state index in [9.17, 15) is 10.2 Å². The molecule has 0 aromatic rings. The van der Waals surface area contributed by atoms with Crippen molar-refractivity contribution in [3.8, 4) is 0 Å². The Kier molecular flexibility index (Phi) is 3.22. The standard InChI is InChI=1S/C10H20N2O4/c1-9(3-13)5-15-8-7(11-9)16-6-10(2,4-14)12-8/h7-8,11-14H,3-6H2,1-2H3/t7-,8+,9+,10-. The number of ether oxygens (including phenoxy) is 2. The maximum atomic E-state index is 9.23. The Balaban J connectivity index is 2.00. The number of nitrogens with one attached hydrogen (secondary N) is 2. The molecule has 0 unspecified atom stereocenters. The molecule has 4 N–H and O–H groups in total. The highest BCUT2D eigenvalue weighted by atomic mass is 16.6. The highest BCUT2D eigenvalue weighted by Gasteiger charge is 2.44. The van der Waals surface area contributed by atoms with E-state index < -0.39 is 11.1 Å². The van der Waals surface area contributed by atoms with Crippen LogP contribution in [0.3, 0.4) is 0 Å². The maximum absolute atomic E-state index is 9.23. The summed E-state index contributed by atoms with van der Waals surface area (Å²) < 4.78 is 11.2. The highest BCUT2D eigenvalue weighted by Crippen LogP contribution is 2.22. The minimum atomic E-state index is -0.462. The summed E-state index contributed by atoms with van der Waals surface area (Å²) >= 11 is 0. The maximum Gasteiger partial charge on any atom is 0.148 e. The number of rotatable bonds is 2. The van der Waals surface area contributed by atoms with Crippen LogP contribution >= 0.6 is 0 Å². The number of morpholine rings is 2. The van der Waals surface area contributed by atoms with Gasteiger partial charge in [-0.25, -0.2) is 0 Å². The molecule has 16 heavy (non-hydrogen) atoms. The molecule has 0 spiro atoms. The molecular formula is C10H20N2O4. The lowest BCUT2D eigenvalue weighted by Crippen LogP contribution is -2.73. The molecule has 2 rings (SSSR count). The molecule has 0 aromatic carbocycles. The Bertz CT molecular complexity index is 239. The van der Waals surface area contributed by atoms with E-state index in [2.05, 4.69) is 10.6 Å². The van der Waals surface area contributed by atoms with Crippen LogP contribution in [0.15, 0.2) is 0 Å². The molecule has 0 amide bonds. The summed E-state index contributed by atoms with van der Waals surface area (Å²) in [5.41, 5.74) is -0.925. The zero-order valence-electron chi connectivity index (χ0n) is 9.69. The molecule has 2 aliphatic heterocycles. The molecule has 0 saturated carbocycles. The smallest absolute Gasteiger partial charge is 0.148 e. The van der Waals surface area contributed by atoms with Gasteiger partial charge < -0.3 is 19.7 Å². The minimum Gasteiger partial charge on any atom is -0.394 e. The first-order valence-corrected chi connectivity index (χ1v) is 5.51. The molecule has 6 heteroatoms. The summed E-state index contributed by atoms with van der Waals surface area (Å²) in [6.07, 6.45) is -0.573. The molecule has 2 aliphatic rings. The van der Waals surface area contributed by atoms with Crippen LogP contribution in [0, 0.1) is 0 Å². The van der Waals surface area contributed by atoms with Crippen molar-refractivity contribution in [2.45, 2.75) is 37.4 Å². The molecule has 94 valence electrons. The van der Waals surface area contributed by atoms with Gasteiger partial charge in [0.1, 0.15) is 12.5 Å². The van der Waals surface area contributed by atoms with Gasteiger partial charge in [-0.1, -0.05) is 0 Å². The second kappa shape index (κ2) is 4.21. The SMILES string of the molecule is C[C@]1(CO)CO[C@@H]2N[C@](C)(CO)CO[C@H]2N1. The van der Waals surface area contributed by atoms with E-state index in [0.29, 0.717) is 13.2 Å². The van der Waals surface area contributed by atoms with Crippen LogP contribution < -0.4 is 10.6 Å². The second-order valence-corrected chi connectivity index (χ2v) is 5.19. The van der Waals surface area contributed by atoms with Crippen molar-refractivity contribution < 1.29 is 19.7 Å². The number of fused-ring (bicyclic) bond motifs is 1. The molecular weight excluding hydrogens is 212 g/mol. The molecule has 4 atom stereocenters. The van der Waals surface area contributed by atoms with E-state index >= 15 is 0 Å². The molecule has 6 nitrogen and oxygen atoms in total. The predicted octanol–water partition coefficient (Wildman–Crippen LogP) is -1.62. The van der Waals surface area contributed by atoms with E-state index in [-0.39, 0.29) is 25.7 Å². The van der Waals surface area contributed by atoms with E-state index in [1.807, 2.05) is 13.8 Å². The summed E-state index contributed by atoms with van der Waals surface area (Å²) in [6.45, 7) is 4.57. The van der Waals surface area contributed by atoms with Crippen molar-refractivity contribution in [3.63, 3.8) is 0 Å². The van der Waals surface area contributed by atoms with Crippen LogP contribution in [0.1, 0.15) is 13.8 Å². The third kappa shape index (κ3) is 2.22. The van der Waals surface area contributed by atoms with Crippen LogP contribution in [0.2, 0.25) is 0 Å². The average molecular weight is 232 g/mol. The lowest BCUT2D eigenvalue weighted by Gasteiger charge is -2.49. The Hall–Kier alpha value is -0.240. The lowest BCUT2D eigenvalue weighted by atomic mass is 9.99. The largest absolute Gasteiger partial charge is 0.394 e. The molecule has 2 saturated heterocycles. The van der Waals surface area contributed by atoms with Crippen molar-refractivity contribution in [3.05, 3.63) is 0 Å². The van der Waals surface area contributed by atoms with Crippen molar-refractivity contribution >= 4 is 0 Å². The van der Waals surface area contributed by atoms with Gasteiger partial charge in [-0.2, -0.15) is 0 Å². The minimum absolute atomic E-state index is 0.00313. The van der Waals surface area contributed by atoms with Crippen LogP contribution in [0.5, 0.6) is 0 Å². The van der Waals surface area contributed by atoms with Gasteiger partial charge in [-0.3, -0.25) is 10.6 Å². The number of aliphatic hydroxyl groups is 2. The van der Waals surface area contributed by atoms with Gasteiger partial charge in [0.15, 0.2) is 0 Å². The van der Waals surface area contributed by atoms with Crippen LogP contribution in [-0.4, -0.2) is 60.2 Å². The number of aliphatic hydroxyl groups excluding tert-OH is 2. The van der Waals surface area contributed by atoms with E-state index in [1.54, 1.807) is 0 Å². The van der Waals surface area contributed by atoms with Crippen molar-refractivity contribution in [2.75, 3.05) is 26.4 Å². The first-order chi connectivity index (χ1) is 7.50. The number of hydrogen-bond donors (Lipinski definition) is 4. The first-order valence-electron chi connectivity index (χ1n) is 5.51. The van der Waals surface area contributed by atoms with Gasteiger partial charge in [-0.05, 0) is 13.8 Å². The van der Waals surface area contributed by atoms with Crippen molar-refractivity contribution in [1.29, 1.82) is 0 Å². The third-order valence-corrected chi connectivity index (χ3v) is 3.12. The summed E-state index contributed by atoms with van der Waals surface area (Å²) in [6, 6.07) is 0. The molecule has 2 heterocycles. The highest BCUT2D eigenvalue weighted by molar-refractivity contribution is 4.96. The summed E-state index contributed by atoms with van der Waals surface area (Å²) in [4.78, 5) is 0. The Morgan fingerprint density at radius 3 is 1.69 bits per heavy atom. The van der Waals surface area contributed by atoms with Crippen LogP contribution in [0.4, 0.5) is 0 Å². The van der Waals surface area contributed by atoms with E-state index in [0.717, 1.165) is 0 Å². The van der Waals surface area contributed by atoms with Gasteiger partial charge in [0.2, 0.25) is 0 Å². The fourth-order valence-electron chi connectivity index (χ4n) is 1.91. The molecule has 0 bridgehead atoms. The van der Waals surface area contributed by atoms with Gasteiger partial charge >= 0.3 is 0 Å². The molecule has 0 aromatic heterocycles. The Morgan fingerprint density at radius 2 is 1.38 bits per heavy atom. The van der Waals surface area contributed by atoms with Gasteiger partial charge in [0, 0.05) is 0 Å². The summed E-state index contributed by atoms with van der Waals surface area (Å²) in [5.74, 6) is 0. The van der Waals surface area contributed by atoms with Crippen molar-refractivity contribution in [2.24, 2.45) is 0 Å². The quantitative estimate of drug-likeness (QED) is 0.458. The second-order valence-electron chi connectivity index (χ2n) is 5.19.